The standard InChI is InChI=1S/C7H12INO2/c8-7(9(10)11)5-3-1-2-4-6-7/h1-6H2. The van der Waals surface area contributed by atoms with E-state index in [-0.39, 0.29) is 4.92 Å². The summed E-state index contributed by atoms with van der Waals surface area (Å²) in [5, 5.41) is 10.6. The smallest absolute Gasteiger partial charge is 0.263 e. The van der Waals surface area contributed by atoms with E-state index in [1.165, 1.54) is 12.8 Å². The van der Waals surface area contributed by atoms with Crippen LogP contribution in [0.3, 0.4) is 0 Å². The summed E-state index contributed by atoms with van der Waals surface area (Å²) in [7, 11) is 0. The molecule has 0 amide bonds. The lowest BCUT2D eigenvalue weighted by Crippen LogP contribution is -2.29. The quantitative estimate of drug-likeness (QED) is 0.183. The third-order valence-electron chi connectivity index (χ3n) is 2.20. The average molecular weight is 269 g/mol. The Kier molecular flexibility index (Phi) is 3.09. The predicted octanol–water partition coefficient (Wildman–Crippen LogP) is 2.75. The molecule has 0 heterocycles. The van der Waals surface area contributed by atoms with Crippen molar-refractivity contribution in [1.82, 2.24) is 0 Å². The van der Waals surface area contributed by atoms with Gasteiger partial charge in [0.2, 0.25) is 0 Å². The normalized spacial score (nSPS) is 24.1. The number of rotatable bonds is 1. The molecule has 0 aromatic carbocycles. The molecule has 0 aromatic heterocycles. The molecular formula is C7H12INO2. The summed E-state index contributed by atoms with van der Waals surface area (Å²) in [6, 6.07) is 0. The monoisotopic (exact) mass is 269 g/mol. The van der Waals surface area contributed by atoms with Gasteiger partial charge in [0, 0.05) is 40.4 Å². The van der Waals surface area contributed by atoms with Crippen molar-refractivity contribution in [3.8, 4) is 0 Å². The molecule has 11 heavy (non-hydrogen) atoms. The highest BCUT2D eigenvalue weighted by atomic mass is 127. The number of alkyl halides is 1. The summed E-state index contributed by atoms with van der Waals surface area (Å²) < 4.78 is -0.645. The van der Waals surface area contributed by atoms with Crippen molar-refractivity contribution in [2.75, 3.05) is 0 Å². The van der Waals surface area contributed by atoms with Crippen molar-refractivity contribution in [3.05, 3.63) is 10.1 Å². The molecule has 0 atom stereocenters. The number of nitrogens with zero attached hydrogens (tertiary/aromatic N) is 1. The Morgan fingerprint density at radius 3 is 2.00 bits per heavy atom. The molecule has 0 N–H and O–H groups in total. The topological polar surface area (TPSA) is 43.1 Å². The maximum Gasteiger partial charge on any atom is 0.269 e. The molecule has 1 saturated carbocycles. The zero-order valence-electron chi connectivity index (χ0n) is 6.38. The summed E-state index contributed by atoms with van der Waals surface area (Å²) in [6.07, 6.45) is 5.87. The maximum atomic E-state index is 10.6. The summed E-state index contributed by atoms with van der Waals surface area (Å²) in [6.45, 7) is 0. The van der Waals surface area contributed by atoms with Crippen molar-refractivity contribution >= 4 is 22.6 Å². The first kappa shape index (κ1) is 9.22. The third-order valence-corrected chi connectivity index (χ3v) is 3.67. The van der Waals surface area contributed by atoms with Gasteiger partial charge in [-0.25, -0.2) is 0 Å². The molecule has 0 aromatic rings. The lowest BCUT2D eigenvalue weighted by molar-refractivity contribution is -0.532. The van der Waals surface area contributed by atoms with Crippen molar-refractivity contribution in [1.29, 1.82) is 0 Å². The van der Waals surface area contributed by atoms with E-state index in [0.29, 0.717) is 0 Å². The number of halogens is 1. The van der Waals surface area contributed by atoms with Crippen LogP contribution >= 0.6 is 22.6 Å². The van der Waals surface area contributed by atoms with E-state index in [4.69, 9.17) is 0 Å². The minimum absolute atomic E-state index is 0.112. The minimum atomic E-state index is -0.645. The average Bonchev–Trinajstić information content (AvgIpc) is 2.15. The fourth-order valence-electron chi connectivity index (χ4n) is 1.45. The Balaban J connectivity index is 2.59. The van der Waals surface area contributed by atoms with Crippen molar-refractivity contribution < 1.29 is 4.92 Å². The first-order valence-corrected chi connectivity index (χ1v) is 5.06. The molecule has 1 aliphatic rings. The van der Waals surface area contributed by atoms with Crippen molar-refractivity contribution in [3.63, 3.8) is 0 Å². The largest absolute Gasteiger partial charge is 0.269 e. The molecule has 0 radical (unpaired) electrons. The summed E-state index contributed by atoms with van der Waals surface area (Å²) in [4.78, 5) is 10.5. The fourth-order valence-corrected chi connectivity index (χ4v) is 2.22. The van der Waals surface area contributed by atoms with Gasteiger partial charge in [-0.05, 0) is 12.8 Å². The van der Waals surface area contributed by atoms with Crippen LogP contribution in [0.1, 0.15) is 38.5 Å². The molecule has 4 heteroatoms. The van der Waals surface area contributed by atoms with E-state index in [0.717, 1.165) is 25.7 Å². The molecular weight excluding hydrogens is 257 g/mol. The first-order chi connectivity index (χ1) is 5.15. The van der Waals surface area contributed by atoms with Crippen LogP contribution in [-0.2, 0) is 0 Å². The highest BCUT2D eigenvalue weighted by Crippen LogP contribution is 2.35. The number of hydrogen-bond acceptors (Lipinski definition) is 2. The second-order valence-electron chi connectivity index (χ2n) is 3.09. The van der Waals surface area contributed by atoms with Gasteiger partial charge in [-0.15, -0.1) is 0 Å². The van der Waals surface area contributed by atoms with Gasteiger partial charge >= 0.3 is 0 Å². The highest BCUT2D eigenvalue weighted by molar-refractivity contribution is 14.1. The van der Waals surface area contributed by atoms with Gasteiger partial charge in [0.05, 0.1) is 0 Å². The summed E-state index contributed by atoms with van der Waals surface area (Å²) >= 11 is 2.01. The van der Waals surface area contributed by atoms with Crippen LogP contribution in [0, 0.1) is 10.1 Å². The Morgan fingerprint density at radius 1 is 1.18 bits per heavy atom. The maximum absolute atomic E-state index is 10.6. The zero-order valence-corrected chi connectivity index (χ0v) is 8.54. The Hall–Kier alpha value is 0.130. The van der Waals surface area contributed by atoms with Crippen LogP contribution in [-0.4, -0.2) is 8.47 Å². The molecule has 1 fully saturated rings. The van der Waals surface area contributed by atoms with Crippen LogP contribution in [0.5, 0.6) is 0 Å². The van der Waals surface area contributed by atoms with Gasteiger partial charge in [-0.1, -0.05) is 12.8 Å². The lowest BCUT2D eigenvalue weighted by atomic mass is 10.1. The van der Waals surface area contributed by atoms with Crippen molar-refractivity contribution in [2.24, 2.45) is 0 Å². The summed E-state index contributed by atoms with van der Waals surface area (Å²) in [5.41, 5.74) is 0. The molecule has 1 rings (SSSR count). The number of hydrogen-bond donors (Lipinski definition) is 0. The van der Waals surface area contributed by atoms with E-state index in [1.807, 2.05) is 22.6 Å². The van der Waals surface area contributed by atoms with Crippen LogP contribution in [0.2, 0.25) is 0 Å². The molecule has 0 saturated heterocycles. The van der Waals surface area contributed by atoms with Crippen LogP contribution in [0.15, 0.2) is 0 Å². The van der Waals surface area contributed by atoms with Gasteiger partial charge < -0.3 is 0 Å². The van der Waals surface area contributed by atoms with Gasteiger partial charge in [-0.2, -0.15) is 0 Å². The lowest BCUT2D eigenvalue weighted by Gasteiger charge is -2.15. The predicted molar refractivity (Wildman–Crippen MR) is 51.4 cm³/mol. The molecule has 0 aliphatic heterocycles. The Bertz CT molecular complexity index is 153. The highest BCUT2D eigenvalue weighted by Gasteiger charge is 2.39. The molecule has 3 nitrogen and oxygen atoms in total. The third kappa shape index (κ3) is 2.28. The first-order valence-electron chi connectivity index (χ1n) is 3.98. The van der Waals surface area contributed by atoms with E-state index < -0.39 is 3.55 Å². The van der Waals surface area contributed by atoms with Gasteiger partial charge in [-0.3, -0.25) is 10.1 Å². The number of nitro groups is 1. The zero-order chi connectivity index (χ0) is 8.32. The van der Waals surface area contributed by atoms with E-state index >= 15 is 0 Å². The van der Waals surface area contributed by atoms with E-state index in [1.54, 1.807) is 0 Å². The van der Waals surface area contributed by atoms with Crippen molar-refractivity contribution in [2.45, 2.75) is 42.1 Å². The molecule has 0 unspecified atom stereocenters. The van der Waals surface area contributed by atoms with E-state index in [2.05, 4.69) is 0 Å². The SMILES string of the molecule is O=[N+]([O-])C1(I)CCCCCC1. The van der Waals surface area contributed by atoms with Crippen LogP contribution in [0.4, 0.5) is 0 Å². The molecule has 0 spiro atoms. The van der Waals surface area contributed by atoms with Gasteiger partial charge in [0.25, 0.3) is 3.55 Å². The molecule has 0 bridgehead atoms. The Labute approximate surface area is 79.8 Å². The van der Waals surface area contributed by atoms with Gasteiger partial charge in [0.15, 0.2) is 0 Å². The van der Waals surface area contributed by atoms with Gasteiger partial charge in [0.1, 0.15) is 0 Å². The summed E-state index contributed by atoms with van der Waals surface area (Å²) in [5.74, 6) is 0. The van der Waals surface area contributed by atoms with Crippen LogP contribution < -0.4 is 0 Å². The molecule has 1 aliphatic carbocycles. The van der Waals surface area contributed by atoms with Crippen LogP contribution in [0.25, 0.3) is 0 Å². The Morgan fingerprint density at radius 2 is 1.64 bits per heavy atom. The second kappa shape index (κ2) is 3.69. The second-order valence-corrected chi connectivity index (χ2v) is 5.10. The van der Waals surface area contributed by atoms with E-state index in [9.17, 15) is 10.1 Å². The minimum Gasteiger partial charge on any atom is -0.263 e. The molecule has 64 valence electrons. The fraction of sp³-hybridized carbons (Fsp3) is 1.00.